The second-order valence-electron chi connectivity index (χ2n) is 10.1. The zero-order valence-electron chi connectivity index (χ0n) is 22.6. The van der Waals surface area contributed by atoms with Crippen LogP contribution in [0.15, 0.2) is 30.5 Å². The first-order chi connectivity index (χ1) is 18.9. The average Bonchev–Trinajstić information content (AvgIpc) is 3.58. The van der Waals surface area contributed by atoms with E-state index in [2.05, 4.69) is 22.7 Å². The highest BCUT2D eigenvalue weighted by Gasteiger charge is 2.26. The Hall–Kier alpha value is -4.15. The third-order valence-electron chi connectivity index (χ3n) is 7.68. The van der Waals surface area contributed by atoms with Crippen LogP contribution in [-0.4, -0.2) is 63.2 Å². The number of hydrogen-bond donors (Lipinski definition) is 3. The lowest BCUT2D eigenvalue weighted by Crippen LogP contribution is -2.44. The lowest BCUT2D eigenvalue weighted by Gasteiger charge is -2.32. The van der Waals surface area contributed by atoms with Gasteiger partial charge < -0.3 is 26.2 Å². The van der Waals surface area contributed by atoms with Crippen molar-refractivity contribution < 1.29 is 14.4 Å². The monoisotopic (exact) mass is 532 g/mol. The number of aryl methyl sites for hydroxylation is 2. The molecule has 4 heterocycles. The number of amides is 4. The molecule has 2 saturated heterocycles. The van der Waals surface area contributed by atoms with E-state index in [0.717, 1.165) is 52.9 Å². The summed E-state index contributed by atoms with van der Waals surface area (Å²) in [5.41, 5.74) is 10.3. The molecule has 39 heavy (non-hydrogen) atoms. The Labute approximate surface area is 227 Å². The van der Waals surface area contributed by atoms with Crippen LogP contribution in [0.1, 0.15) is 61.1 Å². The molecule has 4 amide bonds. The van der Waals surface area contributed by atoms with Crippen molar-refractivity contribution in [2.75, 3.05) is 29.9 Å². The maximum atomic E-state index is 13.3. The van der Waals surface area contributed by atoms with E-state index in [4.69, 9.17) is 10.7 Å². The van der Waals surface area contributed by atoms with Gasteiger partial charge in [-0.1, -0.05) is 13.0 Å². The maximum absolute atomic E-state index is 13.3. The molecule has 0 spiro atoms. The smallest absolute Gasteiger partial charge is 0.314 e. The SMILES string of the molecule is CCc1nc2c(cnn2CC)c(NC2CCN(C(N)=O)CC2)c1CNC(=O)c1cccc(N2CCCC2=O)c1. The summed E-state index contributed by atoms with van der Waals surface area (Å²) in [7, 11) is 0. The Morgan fingerprint density at radius 1 is 1.15 bits per heavy atom. The van der Waals surface area contributed by atoms with Gasteiger partial charge in [-0.15, -0.1) is 0 Å². The van der Waals surface area contributed by atoms with E-state index in [1.54, 1.807) is 21.9 Å². The van der Waals surface area contributed by atoms with Gasteiger partial charge in [0.2, 0.25) is 5.91 Å². The summed E-state index contributed by atoms with van der Waals surface area (Å²) in [5, 5.41) is 12.2. The number of anilines is 2. The third-order valence-corrected chi connectivity index (χ3v) is 7.68. The number of primary amides is 1. The highest BCUT2D eigenvalue weighted by molar-refractivity contribution is 5.99. The molecule has 0 saturated carbocycles. The van der Waals surface area contributed by atoms with Gasteiger partial charge in [0.15, 0.2) is 5.65 Å². The summed E-state index contributed by atoms with van der Waals surface area (Å²) in [6.07, 6.45) is 5.42. The number of rotatable bonds is 8. The van der Waals surface area contributed by atoms with Crippen molar-refractivity contribution in [3.05, 3.63) is 47.3 Å². The van der Waals surface area contributed by atoms with Crippen LogP contribution in [0.4, 0.5) is 16.2 Å². The zero-order chi connectivity index (χ0) is 27.5. The highest BCUT2D eigenvalue weighted by atomic mass is 16.2. The molecule has 2 aliphatic heterocycles. The topological polar surface area (TPSA) is 138 Å². The Bertz CT molecular complexity index is 1390. The fourth-order valence-corrected chi connectivity index (χ4v) is 5.51. The highest BCUT2D eigenvalue weighted by Crippen LogP contribution is 2.31. The largest absolute Gasteiger partial charge is 0.381 e. The number of nitrogens with two attached hydrogens (primary N) is 1. The van der Waals surface area contributed by atoms with E-state index in [-0.39, 0.29) is 30.4 Å². The second kappa shape index (κ2) is 11.3. The van der Waals surface area contributed by atoms with Gasteiger partial charge in [-0.05, 0) is 50.8 Å². The number of nitrogens with one attached hydrogen (secondary N) is 2. The molecule has 0 atom stereocenters. The molecular weight excluding hydrogens is 496 g/mol. The third kappa shape index (κ3) is 5.39. The molecule has 2 aromatic heterocycles. The maximum Gasteiger partial charge on any atom is 0.314 e. The van der Waals surface area contributed by atoms with Crippen LogP contribution in [0.3, 0.4) is 0 Å². The normalized spacial score (nSPS) is 16.2. The Balaban J connectivity index is 1.41. The van der Waals surface area contributed by atoms with Crippen LogP contribution >= 0.6 is 0 Å². The molecule has 2 aliphatic rings. The van der Waals surface area contributed by atoms with E-state index in [0.29, 0.717) is 44.6 Å². The molecule has 11 heteroatoms. The van der Waals surface area contributed by atoms with Crippen LogP contribution < -0.4 is 21.3 Å². The first kappa shape index (κ1) is 26.5. The summed E-state index contributed by atoms with van der Waals surface area (Å²) in [6, 6.07) is 6.97. The molecule has 11 nitrogen and oxygen atoms in total. The predicted octanol–water partition coefficient (Wildman–Crippen LogP) is 3.03. The van der Waals surface area contributed by atoms with Crippen molar-refractivity contribution in [3.8, 4) is 0 Å². The molecular formula is C28H36N8O3. The molecule has 1 aromatic carbocycles. The van der Waals surface area contributed by atoms with E-state index in [1.165, 1.54) is 0 Å². The zero-order valence-corrected chi connectivity index (χ0v) is 22.6. The number of aromatic nitrogens is 3. The standard InChI is InChI=1S/C28H36N8O3/c1-3-23-21(16-30-27(38)18-7-5-8-20(15-18)35-12-6-9-24(35)37)25(22-17-31-36(4-2)26(22)33-23)32-19-10-13-34(14-11-19)28(29)39/h5,7-8,15,17,19H,3-4,6,9-14,16H2,1-2H3,(H2,29,39)(H,30,38)(H,32,33). The number of nitrogens with zero attached hydrogens (tertiary/aromatic N) is 5. The minimum atomic E-state index is -0.390. The predicted molar refractivity (Wildman–Crippen MR) is 150 cm³/mol. The van der Waals surface area contributed by atoms with Crippen LogP contribution in [0.2, 0.25) is 0 Å². The van der Waals surface area contributed by atoms with Crippen LogP contribution in [0.5, 0.6) is 0 Å². The number of carbonyl (C=O) groups excluding carboxylic acids is 3. The first-order valence-corrected chi connectivity index (χ1v) is 13.8. The van der Waals surface area contributed by atoms with Gasteiger partial charge >= 0.3 is 6.03 Å². The van der Waals surface area contributed by atoms with Gasteiger partial charge in [0.1, 0.15) is 0 Å². The Kier molecular flexibility index (Phi) is 7.67. The molecule has 0 aliphatic carbocycles. The molecule has 2 fully saturated rings. The van der Waals surface area contributed by atoms with Crippen molar-refractivity contribution >= 4 is 40.3 Å². The number of urea groups is 1. The first-order valence-electron chi connectivity index (χ1n) is 13.8. The molecule has 5 rings (SSSR count). The van der Waals surface area contributed by atoms with Gasteiger partial charge in [-0.2, -0.15) is 5.10 Å². The van der Waals surface area contributed by atoms with E-state index < -0.39 is 0 Å². The van der Waals surface area contributed by atoms with Gasteiger partial charge in [0, 0.05) is 67.7 Å². The molecule has 0 bridgehead atoms. The van der Waals surface area contributed by atoms with Crippen molar-refractivity contribution in [2.24, 2.45) is 5.73 Å². The minimum Gasteiger partial charge on any atom is -0.381 e. The van der Waals surface area contributed by atoms with Crippen molar-refractivity contribution in [2.45, 2.75) is 65.1 Å². The lowest BCUT2D eigenvalue weighted by molar-refractivity contribution is -0.117. The lowest BCUT2D eigenvalue weighted by atomic mass is 10.0. The van der Waals surface area contributed by atoms with E-state index in [9.17, 15) is 14.4 Å². The quantitative estimate of drug-likeness (QED) is 0.408. The molecule has 4 N–H and O–H groups in total. The number of fused-ring (bicyclic) bond motifs is 1. The van der Waals surface area contributed by atoms with Gasteiger partial charge in [-0.25, -0.2) is 14.5 Å². The average molecular weight is 533 g/mol. The van der Waals surface area contributed by atoms with Crippen LogP contribution in [0.25, 0.3) is 11.0 Å². The van der Waals surface area contributed by atoms with Crippen LogP contribution in [-0.2, 0) is 24.3 Å². The molecule has 0 radical (unpaired) electrons. The summed E-state index contributed by atoms with van der Waals surface area (Å²) in [4.78, 5) is 45.4. The second-order valence-corrected chi connectivity index (χ2v) is 10.1. The van der Waals surface area contributed by atoms with E-state index in [1.807, 2.05) is 29.9 Å². The van der Waals surface area contributed by atoms with Crippen molar-refractivity contribution in [1.82, 2.24) is 25.0 Å². The number of likely N-dealkylation sites (tertiary alicyclic amines) is 1. The Morgan fingerprint density at radius 2 is 1.95 bits per heavy atom. The van der Waals surface area contributed by atoms with Crippen molar-refractivity contribution in [3.63, 3.8) is 0 Å². The summed E-state index contributed by atoms with van der Waals surface area (Å²) < 4.78 is 1.88. The number of carbonyl (C=O) groups is 3. The summed E-state index contributed by atoms with van der Waals surface area (Å²) in [6.45, 7) is 6.94. The summed E-state index contributed by atoms with van der Waals surface area (Å²) >= 11 is 0. The fraction of sp³-hybridized carbons (Fsp3) is 0.464. The van der Waals surface area contributed by atoms with Gasteiger partial charge in [0.05, 0.1) is 17.3 Å². The fourth-order valence-electron chi connectivity index (χ4n) is 5.51. The molecule has 3 aromatic rings. The number of piperidine rings is 1. The molecule has 206 valence electrons. The van der Waals surface area contributed by atoms with Gasteiger partial charge in [-0.3, -0.25) is 9.59 Å². The van der Waals surface area contributed by atoms with Crippen molar-refractivity contribution in [1.29, 1.82) is 0 Å². The molecule has 0 unspecified atom stereocenters. The number of hydrogen-bond acceptors (Lipinski definition) is 6. The van der Waals surface area contributed by atoms with Crippen LogP contribution in [0, 0.1) is 0 Å². The number of benzene rings is 1. The number of pyridine rings is 1. The van der Waals surface area contributed by atoms with E-state index >= 15 is 0 Å². The Morgan fingerprint density at radius 3 is 2.62 bits per heavy atom. The van der Waals surface area contributed by atoms with Gasteiger partial charge in [0.25, 0.3) is 5.91 Å². The summed E-state index contributed by atoms with van der Waals surface area (Å²) in [5.74, 6) is -0.125. The minimum absolute atomic E-state index is 0.0875.